The molecule has 84 valence electrons. The van der Waals surface area contributed by atoms with Crippen LogP contribution in [0.3, 0.4) is 0 Å². The standard InChI is InChI=1S/C12H15N3O/c1-8(2)15-10(11(13)14-12(15)16)9-6-4-3-5-7-9/h3-8,10H,1-2H3,(H2,13,14,16). The molecule has 2 rings (SSSR count). The maximum absolute atomic E-state index is 11.7. The molecule has 0 bridgehead atoms. The highest BCUT2D eigenvalue weighted by atomic mass is 16.2. The van der Waals surface area contributed by atoms with Crippen molar-refractivity contribution in [1.82, 2.24) is 4.90 Å². The van der Waals surface area contributed by atoms with Crippen molar-refractivity contribution in [2.75, 3.05) is 0 Å². The third-order valence-electron chi connectivity index (χ3n) is 2.68. The predicted molar refractivity (Wildman–Crippen MR) is 63.2 cm³/mol. The Balaban J connectivity index is 2.39. The number of nitrogens with two attached hydrogens (primary N) is 1. The maximum Gasteiger partial charge on any atom is 0.346 e. The first-order valence-electron chi connectivity index (χ1n) is 5.32. The van der Waals surface area contributed by atoms with Crippen LogP contribution in [-0.2, 0) is 0 Å². The minimum atomic E-state index is -0.249. The molecule has 0 saturated heterocycles. The van der Waals surface area contributed by atoms with Crippen molar-refractivity contribution in [1.29, 1.82) is 0 Å². The molecule has 1 heterocycles. The van der Waals surface area contributed by atoms with Crippen molar-refractivity contribution < 1.29 is 4.79 Å². The van der Waals surface area contributed by atoms with Crippen LogP contribution in [0.2, 0.25) is 0 Å². The van der Waals surface area contributed by atoms with Crippen molar-refractivity contribution in [3.05, 3.63) is 35.9 Å². The minimum Gasteiger partial charge on any atom is -0.385 e. The van der Waals surface area contributed by atoms with Gasteiger partial charge in [0, 0.05) is 6.04 Å². The van der Waals surface area contributed by atoms with Crippen LogP contribution in [0.4, 0.5) is 4.79 Å². The van der Waals surface area contributed by atoms with Crippen LogP contribution in [0.25, 0.3) is 0 Å². The van der Waals surface area contributed by atoms with Crippen molar-refractivity contribution in [2.45, 2.75) is 25.9 Å². The summed E-state index contributed by atoms with van der Waals surface area (Å²) in [4.78, 5) is 17.2. The van der Waals surface area contributed by atoms with Gasteiger partial charge in [-0.2, -0.15) is 4.99 Å². The largest absolute Gasteiger partial charge is 0.385 e. The van der Waals surface area contributed by atoms with Crippen molar-refractivity contribution in [2.24, 2.45) is 10.7 Å². The SMILES string of the molecule is CC(C)N1C(=O)N=C(N)C1c1ccccc1. The summed E-state index contributed by atoms with van der Waals surface area (Å²) >= 11 is 0. The highest BCUT2D eigenvalue weighted by Crippen LogP contribution is 2.28. The summed E-state index contributed by atoms with van der Waals surface area (Å²) in [5.74, 6) is 0.380. The number of amidine groups is 1. The molecule has 4 nitrogen and oxygen atoms in total. The second kappa shape index (κ2) is 3.96. The molecule has 1 aliphatic heterocycles. The molecule has 2 N–H and O–H groups in total. The second-order valence-electron chi connectivity index (χ2n) is 4.13. The topological polar surface area (TPSA) is 58.7 Å². The van der Waals surface area contributed by atoms with Gasteiger partial charge in [0.1, 0.15) is 11.9 Å². The van der Waals surface area contributed by atoms with E-state index in [2.05, 4.69) is 4.99 Å². The van der Waals surface area contributed by atoms with Crippen LogP contribution in [0.15, 0.2) is 35.3 Å². The number of aliphatic imine (C=N–C) groups is 1. The molecule has 1 aromatic carbocycles. The molecule has 16 heavy (non-hydrogen) atoms. The van der Waals surface area contributed by atoms with E-state index in [9.17, 15) is 4.79 Å². The summed E-state index contributed by atoms with van der Waals surface area (Å²) in [6.07, 6.45) is 0. The van der Waals surface area contributed by atoms with E-state index in [0.29, 0.717) is 5.84 Å². The first kappa shape index (κ1) is 10.7. The van der Waals surface area contributed by atoms with Gasteiger partial charge >= 0.3 is 6.03 Å². The summed E-state index contributed by atoms with van der Waals surface area (Å²) < 4.78 is 0. The average molecular weight is 217 g/mol. The Labute approximate surface area is 94.8 Å². The van der Waals surface area contributed by atoms with E-state index in [-0.39, 0.29) is 18.1 Å². The predicted octanol–water partition coefficient (Wildman–Crippen LogP) is 1.93. The number of nitrogens with zero attached hydrogens (tertiary/aromatic N) is 2. The number of hydrogen-bond donors (Lipinski definition) is 1. The van der Waals surface area contributed by atoms with Gasteiger partial charge in [-0.3, -0.25) is 0 Å². The third kappa shape index (κ3) is 1.66. The van der Waals surface area contributed by atoms with Crippen LogP contribution in [-0.4, -0.2) is 22.8 Å². The highest BCUT2D eigenvalue weighted by Gasteiger charge is 2.35. The lowest BCUT2D eigenvalue weighted by atomic mass is 10.0. The van der Waals surface area contributed by atoms with E-state index in [1.165, 1.54) is 0 Å². The zero-order chi connectivity index (χ0) is 11.7. The van der Waals surface area contributed by atoms with Crippen molar-refractivity contribution >= 4 is 11.9 Å². The number of carbonyl (C=O) groups excluding carboxylic acids is 1. The third-order valence-corrected chi connectivity index (χ3v) is 2.68. The van der Waals surface area contributed by atoms with Crippen molar-refractivity contribution in [3.63, 3.8) is 0 Å². The number of urea groups is 1. The lowest BCUT2D eigenvalue weighted by Crippen LogP contribution is -2.38. The van der Waals surface area contributed by atoms with Crippen LogP contribution in [0.5, 0.6) is 0 Å². The number of rotatable bonds is 2. The number of carbonyl (C=O) groups is 1. The number of amides is 2. The average Bonchev–Trinajstić information content (AvgIpc) is 2.55. The van der Waals surface area contributed by atoms with Gasteiger partial charge in [-0.1, -0.05) is 30.3 Å². The fourth-order valence-electron chi connectivity index (χ4n) is 1.97. The van der Waals surface area contributed by atoms with Gasteiger partial charge in [-0.05, 0) is 19.4 Å². The molecule has 1 unspecified atom stereocenters. The van der Waals surface area contributed by atoms with Gasteiger partial charge in [-0.25, -0.2) is 4.79 Å². The molecule has 0 spiro atoms. The first-order valence-corrected chi connectivity index (χ1v) is 5.32. The Kier molecular flexibility index (Phi) is 2.64. The van der Waals surface area contributed by atoms with Gasteiger partial charge in [0.2, 0.25) is 0 Å². The lowest BCUT2D eigenvalue weighted by Gasteiger charge is -2.28. The zero-order valence-corrected chi connectivity index (χ0v) is 9.42. The second-order valence-corrected chi connectivity index (χ2v) is 4.13. The lowest BCUT2D eigenvalue weighted by molar-refractivity contribution is 0.190. The molecular weight excluding hydrogens is 202 g/mol. The molecule has 0 fully saturated rings. The molecule has 0 saturated carbocycles. The van der Waals surface area contributed by atoms with Gasteiger partial charge in [0.15, 0.2) is 0 Å². The monoisotopic (exact) mass is 217 g/mol. The van der Waals surface area contributed by atoms with E-state index < -0.39 is 0 Å². The molecule has 0 aliphatic carbocycles. The Morgan fingerprint density at radius 2 is 1.94 bits per heavy atom. The van der Waals surface area contributed by atoms with Gasteiger partial charge < -0.3 is 10.6 Å². The molecule has 0 radical (unpaired) electrons. The van der Waals surface area contributed by atoms with E-state index in [1.807, 2.05) is 44.2 Å². The molecule has 1 atom stereocenters. The van der Waals surface area contributed by atoms with Crippen LogP contribution >= 0.6 is 0 Å². The van der Waals surface area contributed by atoms with Crippen molar-refractivity contribution in [3.8, 4) is 0 Å². The van der Waals surface area contributed by atoms with Crippen LogP contribution in [0.1, 0.15) is 25.5 Å². The Bertz CT molecular complexity index is 425. The smallest absolute Gasteiger partial charge is 0.346 e. The number of hydrogen-bond acceptors (Lipinski definition) is 2. The molecule has 0 aromatic heterocycles. The fourth-order valence-corrected chi connectivity index (χ4v) is 1.97. The Morgan fingerprint density at radius 3 is 2.50 bits per heavy atom. The van der Waals surface area contributed by atoms with E-state index in [4.69, 9.17) is 5.73 Å². The first-order chi connectivity index (χ1) is 7.61. The van der Waals surface area contributed by atoms with E-state index >= 15 is 0 Å². The van der Waals surface area contributed by atoms with E-state index in [0.717, 1.165) is 5.56 Å². The summed E-state index contributed by atoms with van der Waals surface area (Å²) in [5.41, 5.74) is 6.82. The summed E-state index contributed by atoms with van der Waals surface area (Å²) in [6.45, 7) is 3.92. The molecule has 2 amide bonds. The normalized spacial score (nSPS) is 20.4. The van der Waals surface area contributed by atoms with Crippen LogP contribution in [0, 0.1) is 0 Å². The molecule has 4 heteroatoms. The van der Waals surface area contributed by atoms with E-state index in [1.54, 1.807) is 4.90 Å². The molecule has 1 aliphatic rings. The van der Waals surface area contributed by atoms with Gasteiger partial charge in [-0.15, -0.1) is 0 Å². The fraction of sp³-hybridized carbons (Fsp3) is 0.333. The van der Waals surface area contributed by atoms with Gasteiger partial charge in [0.05, 0.1) is 0 Å². The maximum atomic E-state index is 11.7. The Morgan fingerprint density at radius 1 is 1.31 bits per heavy atom. The summed E-state index contributed by atoms with van der Waals surface area (Å²) in [6, 6.07) is 9.35. The quantitative estimate of drug-likeness (QED) is 0.822. The minimum absolute atomic E-state index is 0.0857. The zero-order valence-electron chi connectivity index (χ0n) is 9.42. The van der Waals surface area contributed by atoms with Crippen LogP contribution < -0.4 is 5.73 Å². The molecule has 1 aromatic rings. The Hall–Kier alpha value is -1.84. The number of benzene rings is 1. The van der Waals surface area contributed by atoms with Gasteiger partial charge in [0.25, 0.3) is 0 Å². The highest BCUT2D eigenvalue weighted by molar-refractivity contribution is 6.03. The summed E-state index contributed by atoms with van der Waals surface area (Å²) in [7, 11) is 0. The summed E-state index contributed by atoms with van der Waals surface area (Å²) in [5, 5.41) is 0. The molecular formula is C12H15N3O.